The third-order valence-electron chi connectivity index (χ3n) is 13.9. The van der Waals surface area contributed by atoms with Crippen LogP contribution in [0.15, 0.2) is 22.4 Å². The molecule has 3 amide bonds. The minimum atomic E-state index is -0.940. The monoisotopic (exact) mass is 1090 g/mol. The summed E-state index contributed by atoms with van der Waals surface area (Å²) in [6, 6.07) is -0.173. The summed E-state index contributed by atoms with van der Waals surface area (Å²) in [7, 11) is 3.30. The van der Waals surface area contributed by atoms with Gasteiger partial charge < -0.3 is 35.2 Å². The average Bonchev–Trinajstić information content (AvgIpc) is 4.32. The maximum atomic E-state index is 13.4. The maximum absolute atomic E-state index is 13.4. The molecule has 2 spiro atoms. The Morgan fingerprint density at radius 1 is 0.649 bits per heavy atom. The number of thioether (sulfide) groups is 2. The number of hydrogen-bond donors (Lipinski definition) is 3. The summed E-state index contributed by atoms with van der Waals surface area (Å²) in [5.74, 6) is 2.92. The Bertz CT molecular complexity index is 3300. The Kier molecular flexibility index (Phi) is 14.5. The highest BCUT2D eigenvalue weighted by molar-refractivity contribution is 7.99. The molecule has 0 radical (unpaired) electrons. The van der Waals surface area contributed by atoms with E-state index in [1.54, 1.807) is 84.6 Å². The van der Waals surface area contributed by atoms with Gasteiger partial charge in [0.15, 0.2) is 11.3 Å². The number of carbonyl (C=O) groups is 3. The number of amides is 3. The van der Waals surface area contributed by atoms with E-state index in [4.69, 9.17) is 60.3 Å². The average molecular weight is 1100 g/mol. The highest BCUT2D eigenvalue weighted by Gasteiger charge is 2.55. The van der Waals surface area contributed by atoms with Gasteiger partial charge in [-0.1, -0.05) is 0 Å². The molecule has 0 bridgehead atoms. The number of nitrogens with zero attached hydrogens (tertiary/aromatic N) is 11. The topological polar surface area (TPSA) is 278 Å². The van der Waals surface area contributed by atoms with Crippen LogP contribution in [0, 0.1) is 27.7 Å². The van der Waals surface area contributed by atoms with E-state index in [1.807, 2.05) is 53.1 Å². The fourth-order valence-corrected chi connectivity index (χ4v) is 12.1. The molecule has 412 valence electrons. The van der Waals surface area contributed by atoms with Crippen molar-refractivity contribution >= 4 is 75.8 Å². The number of rotatable bonds is 8. The van der Waals surface area contributed by atoms with Gasteiger partial charge in [-0.05, 0) is 116 Å². The molecule has 2 aliphatic heterocycles. The molecule has 2 unspecified atom stereocenters. The number of ether oxygens (including phenoxy) is 5. The molecule has 4 aliphatic rings. The van der Waals surface area contributed by atoms with Gasteiger partial charge in [-0.25, -0.2) is 33.7 Å². The number of methoxy groups -OCH3 is 2. The number of aromatic nitrogens is 10. The van der Waals surface area contributed by atoms with Crippen molar-refractivity contribution in [1.82, 2.24) is 49.5 Å². The van der Waals surface area contributed by atoms with Crippen molar-refractivity contribution in [3.8, 4) is 11.5 Å². The van der Waals surface area contributed by atoms with Crippen molar-refractivity contribution in [2.75, 3.05) is 35.9 Å². The number of nitrogens with two attached hydrogens (primary N) is 2. The van der Waals surface area contributed by atoms with Crippen LogP contribution in [0.4, 0.5) is 26.3 Å². The highest BCUT2D eigenvalue weighted by atomic mass is 32.2. The van der Waals surface area contributed by atoms with E-state index >= 15 is 0 Å². The minimum absolute atomic E-state index is 0.0326. The Hall–Kier alpha value is -6.37. The molecular weight excluding hydrogens is 1020 g/mol. The molecule has 24 heteroatoms. The number of anilines is 2. The molecule has 22 nitrogen and oxygen atoms in total. The van der Waals surface area contributed by atoms with Gasteiger partial charge in [-0.3, -0.25) is 15.3 Å². The Morgan fingerprint density at radius 3 is 1.47 bits per heavy atom. The lowest BCUT2D eigenvalue weighted by molar-refractivity contribution is 0.0425. The summed E-state index contributed by atoms with van der Waals surface area (Å²) >= 11 is 3.05. The molecule has 2 aliphatic carbocycles. The molecule has 6 aromatic heterocycles. The van der Waals surface area contributed by atoms with Crippen molar-refractivity contribution in [2.45, 2.75) is 179 Å². The van der Waals surface area contributed by atoms with Gasteiger partial charge in [0, 0.05) is 69.1 Å². The van der Waals surface area contributed by atoms with Gasteiger partial charge in [0.25, 0.3) is 0 Å². The second-order valence-electron chi connectivity index (χ2n) is 23.3. The van der Waals surface area contributed by atoms with E-state index in [1.165, 1.54) is 11.8 Å². The highest BCUT2D eigenvalue weighted by Crippen LogP contribution is 2.57. The van der Waals surface area contributed by atoms with Crippen LogP contribution in [-0.2, 0) is 38.1 Å². The summed E-state index contributed by atoms with van der Waals surface area (Å²) in [5.41, 5.74) is 18.7. The van der Waals surface area contributed by atoms with Gasteiger partial charge in [-0.15, -0.1) is 28.4 Å². The fourth-order valence-electron chi connectivity index (χ4n) is 9.84. The first-order valence-corrected chi connectivity index (χ1v) is 27.6. The van der Waals surface area contributed by atoms with Crippen LogP contribution in [0.1, 0.15) is 133 Å². The Balaban J connectivity index is 0.000000191. The standard InChI is InChI=1S/C29H39N7O5S.C24H31N7O3S/c1-15-12-31-17(16(2)20(15)39-9)13-35-22-19-21(34-35)29(10-11-29)18(30)14-42-23(19)33-24(32-22)36(25(37)40-27(3,4)5)26(38)41-28(6,7)8;1-12-9-26-14(13(2)17(12)33-6)10-31-19-16-18(30-31)24(7-8-24)15(25)11-35-20(16)28-21(27-19)29-22(32)34-23(3,4)5/h12,18H,10-11,13-14,30H2,1-9H3;9,15H,7-8,10-11,25H2,1-6H3,(H,27,28,29,32). The lowest BCUT2D eigenvalue weighted by Gasteiger charge is -2.27. The zero-order valence-corrected chi connectivity index (χ0v) is 48.3. The SMILES string of the molecule is COc1c(C)cnc(Cn2nc3c4c(nc(N(C(=O)OC(C)(C)C)C(=O)OC(C)(C)C)nc42)SCC(N)C32CC2)c1C.COc1c(C)cnc(Cn2nc3c4c(nc(NC(=O)OC(C)(C)C)nc42)SCC(N)C32CC2)c1C. The first-order valence-electron chi connectivity index (χ1n) is 25.7. The number of carbonyl (C=O) groups excluding carboxylic acids is 3. The van der Waals surface area contributed by atoms with Gasteiger partial charge in [0.2, 0.25) is 11.9 Å². The summed E-state index contributed by atoms with van der Waals surface area (Å²) in [6.45, 7) is 24.3. The van der Waals surface area contributed by atoms with Crippen LogP contribution in [0.2, 0.25) is 0 Å². The van der Waals surface area contributed by atoms with Crippen LogP contribution in [-0.4, -0.2) is 122 Å². The van der Waals surface area contributed by atoms with E-state index in [0.29, 0.717) is 28.6 Å². The van der Waals surface area contributed by atoms with Crippen LogP contribution in [0.3, 0.4) is 0 Å². The molecule has 0 aromatic carbocycles. The van der Waals surface area contributed by atoms with E-state index in [0.717, 1.165) is 109 Å². The van der Waals surface area contributed by atoms with Crippen LogP contribution in [0.5, 0.6) is 11.5 Å². The summed E-state index contributed by atoms with van der Waals surface area (Å²) < 4.78 is 31.4. The molecule has 2 atom stereocenters. The molecule has 77 heavy (non-hydrogen) atoms. The summed E-state index contributed by atoms with van der Waals surface area (Å²) in [4.78, 5) is 68.3. The lowest BCUT2D eigenvalue weighted by Crippen LogP contribution is -2.44. The number of nitrogens with one attached hydrogen (secondary N) is 1. The quantitative estimate of drug-likeness (QED) is 0.0948. The molecular formula is C53H70N14O8S2. The van der Waals surface area contributed by atoms with Crippen molar-refractivity contribution in [2.24, 2.45) is 11.5 Å². The van der Waals surface area contributed by atoms with Crippen LogP contribution in [0.25, 0.3) is 22.1 Å². The number of aryl methyl sites for hydroxylation is 2. The summed E-state index contributed by atoms with van der Waals surface area (Å²) in [5, 5.41) is 15.8. The van der Waals surface area contributed by atoms with Crippen molar-refractivity contribution in [1.29, 1.82) is 0 Å². The summed E-state index contributed by atoms with van der Waals surface area (Å²) in [6.07, 6.45) is 4.91. The van der Waals surface area contributed by atoms with Gasteiger partial charge in [0.1, 0.15) is 38.4 Å². The first-order chi connectivity index (χ1) is 36.1. The minimum Gasteiger partial charge on any atom is -0.496 e. The number of imide groups is 1. The van der Waals surface area contributed by atoms with E-state index in [2.05, 4.69) is 20.3 Å². The molecule has 2 saturated carbocycles. The second kappa shape index (κ2) is 20.1. The van der Waals surface area contributed by atoms with Crippen LogP contribution >= 0.6 is 23.5 Å². The molecule has 2 fully saturated rings. The normalized spacial score (nSPS) is 18.0. The smallest absolute Gasteiger partial charge is 0.427 e. The zero-order valence-electron chi connectivity index (χ0n) is 46.6. The second-order valence-corrected chi connectivity index (χ2v) is 25.3. The van der Waals surface area contributed by atoms with E-state index < -0.39 is 35.1 Å². The number of pyridine rings is 2. The third kappa shape index (κ3) is 10.9. The van der Waals surface area contributed by atoms with Gasteiger partial charge in [0.05, 0.1) is 60.9 Å². The lowest BCUT2D eigenvalue weighted by atomic mass is 9.93. The molecule has 10 rings (SSSR count). The number of fused-ring (bicyclic) bond motifs is 2. The Morgan fingerprint density at radius 2 is 1.06 bits per heavy atom. The first kappa shape index (κ1) is 55.4. The van der Waals surface area contributed by atoms with Crippen molar-refractivity contribution in [3.63, 3.8) is 0 Å². The molecule has 5 N–H and O–H groups in total. The predicted octanol–water partition coefficient (Wildman–Crippen LogP) is 8.74. The largest absolute Gasteiger partial charge is 0.496 e. The zero-order chi connectivity index (χ0) is 55.9. The fraction of sp³-hybridized carbons (Fsp3) is 0.566. The third-order valence-corrected chi connectivity index (χ3v) is 16.1. The van der Waals surface area contributed by atoms with Crippen LogP contribution < -0.4 is 31.2 Å². The van der Waals surface area contributed by atoms with Gasteiger partial charge >= 0.3 is 18.3 Å². The molecule has 8 heterocycles. The van der Waals surface area contributed by atoms with E-state index in [-0.39, 0.29) is 41.4 Å². The van der Waals surface area contributed by atoms with Crippen molar-refractivity contribution < 1.29 is 38.1 Å². The molecule has 0 saturated heterocycles. The van der Waals surface area contributed by atoms with Gasteiger partial charge in [-0.2, -0.15) is 20.2 Å². The maximum Gasteiger partial charge on any atom is 0.427 e. The van der Waals surface area contributed by atoms with E-state index in [9.17, 15) is 14.4 Å². The predicted molar refractivity (Wildman–Crippen MR) is 293 cm³/mol. The molecule has 6 aromatic rings. The van der Waals surface area contributed by atoms with Crippen molar-refractivity contribution in [3.05, 3.63) is 57.4 Å². The number of hydrogen-bond acceptors (Lipinski definition) is 20. The Labute approximate surface area is 456 Å².